The maximum Gasteiger partial charge on any atom is 0.0462 e. The summed E-state index contributed by atoms with van der Waals surface area (Å²) in [6.45, 7) is 0. The third-order valence-corrected chi connectivity index (χ3v) is 10.4. The van der Waals surface area contributed by atoms with Crippen LogP contribution in [0.25, 0.3) is 64.3 Å². The van der Waals surface area contributed by atoms with Gasteiger partial charge in [-0.15, -0.1) is 11.3 Å². The number of benzene rings is 8. The first-order valence-electron chi connectivity index (χ1n) is 16.3. The summed E-state index contributed by atoms with van der Waals surface area (Å²) in [7, 11) is 0. The van der Waals surface area contributed by atoms with Gasteiger partial charge in [-0.3, -0.25) is 0 Å². The maximum atomic E-state index is 2.37. The van der Waals surface area contributed by atoms with E-state index in [0.717, 1.165) is 17.1 Å². The molecule has 226 valence electrons. The minimum absolute atomic E-state index is 1.12. The number of rotatable bonds is 6. The number of hydrogen-bond donors (Lipinski definition) is 0. The van der Waals surface area contributed by atoms with E-state index in [2.05, 4.69) is 193 Å². The van der Waals surface area contributed by atoms with Crippen LogP contribution in [-0.4, -0.2) is 0 Å². The molecule has 0 unspecified atom stereocenters. The van der Waals surface area contributed by atoms with Crippen LogP contribution in [0.2, 0.25) is 0 Å². The van der Waals surface area contributed by atoms with Crippen molar-refractivity contribution in [1.29, 1.82) is 0 Å². The Bertz CT molecular complexity index is 2530. The van der Waals surface area contributed by atoms with E-state index in [1.54, 1.807) is 0 Å². The first-order chi connectivity index (χ1) is 23.8. The van der Waals surface area contributed by atoms with Gasteiger partial charge < -0.3 is 4.90 Å². The molecular weight excluding hydrogens is 599 g/mol. The fourth-order valence-electron chi connectivity index (χ4n) is 6.94. The van der Waals surface area contributed by atoms with Crippen LogP contribution in [-0.2, 0) is 0 Å². The molecule has 9 rings (SSSR count). The summed E-state index contributed by atoms with van der Waals surface area (Å²) >= 11 is 1.87. The zero-order chi connectivity index (χ0) is 31.9. The SMILES string of the molecule is c1ccc(-c2ccccc2-c2ccc(N(c3ccccc3)c3ccc(-c4ccc5ccc6sc7ccccc7c6c5c4)cc3)cc2)cc1. The van der Waals surface area contributed by atoms with Gasteiger partial charge in [0.2, 0.25) is 0 Å². The summed E-state index contributed by atoms with van der Waals surface area (Å²) in [5.74, 6) is 0. The van der Waals surface area contributed by atoms with Crippen molar-refractivity contribution in [1.82, 2.24) is 0 Å². The van der Waals surface area contributed by atoms with E-state index in [9.17, 15) is 0 Å². The Kier molecular flexibility index (Phi) is 7.07. The minimum Gasteiger partial charge on any atom is -0.311 e. The van der Waals surface area contributed by atoms with Crippen LogP contribution in [0, 0.1) is 0 Å². The van der Waals surface area contributed by atoms with Gasteiger partial charge in [-0.25, -0.2) is 0 Å². The van der Waals surface area contributed by atoms with E-state index >= 15 is 0 Å². The third kappa shape index (κ3) is 5.04. The molecule has 48 heavy (non-hydrogen) atoms. The van der Waals surface area contributed by atoms with Crippen molar-refractivity contribution in [3.63, 3.8) is 0 Å². The Morgan fingerprint density at radius 2 is 0.854 bits per heavy atom. The number of para-hydroxylation sites is 1. The van der Waals surface area contributed by atoms with E-state index < -0.39 is 0 Å². The number of fused-ring (bicyclic) bond motifs is 5. The highest BCUT2D eigenvalue weighted by Gasteiger charge is 2.15. The predicted octanol–water partition coefficient (Wildman–Crippen LogP) is 13.7. The van der Waals surface area contributed by atoms with Crippen molar-refractivity contribution in [3.8, 4) is 33.4 Å². The molecule has 0 bridgehead atoms. The lowest BCUT2D eigenvalue weighted by Crippen LogP contribution is -2.09. The smallest absolute Gasteiger partial charge is 0.0462 e. The summed E-state index contributed by atoms with van der Waals surface area (Å²) in [6, 6.07) is 68.0. The molecule has 0 saturated carbocycles. The van der Waals surface area contributed by atoms with Crippen molar-refractivity contribution in [2.75, 3.05) is 4.90 Å². The first kappa shape index (κ1) is 28.3. The topological polar surface area (TPSA) is 3.24 Å². The standard InChI is InChI=1S/C46H31NS/c1-3-11-33(12-4-1)40-15-7-8-16-41(40)34-23-28-39(29-24-34)47(37-13-5-2-6-14-37)38-26-21-32(22-27-38)36-20-19-35-25-30-45-46(43(35)31-36)42-17-9-10-18-44(42)48-45/h1-31H. The Morgan fingerprint density at radius 3 is 1.56 bits per heavy atom. The van der Waals surface area contributed by atoms with E-state index in [0.29, 0.717) is 0 Å². The first-order valence-corrected chi connectivity index (χ1v) is 17.2. The number of thiophene rings is 1. The van der Waals surface area contributed by atoms with Gasteiger partial charge in [-0.05, 0) is 98.8 Å². The van der Waals surface area contributed by atoms with Crippen molar-refractivity contribution < 1.29 is 0 Å². The molecule has 0 N–H and O–H groups in total. The molecule has 0 saturated heterocycles. The largest absolute Gasteiger partial charge is 0.311 e. The molecule has 0 amide bonds. The molecule has 8 aromatic carbocycles. The van der Waals surface area contributed by atoms with Gasteiger partial charge in [-0.2, -0.15) is 0 Å². The molecule has 0 radical (unpaired) electrons. The number of nitrogens with zero attached hydrogens (tertiary/aromatic N) is 1. The second-order valence-electron chi connectivity index (χ2n) is 12.1. The summed E-state index contributed by atoms with van der Waals surface area (Å²) in [5.41, 5.74) is 10.7. The molecule has 1 nitrogen and oxygen atoms in total. The van der Waals surface area contributed by atoms with Gasteiger partial charge in [0.1, 0.15) is 0 Å². The average Bonchev–Trinajstić information content (AvgIpc) is 3.56. The number of hydrogen-bond acceptors (Lipinski definition) is 2. The van der Waals surface area contributed by atoms with E-state index in [1.165, 1.54) is 64.3 Å². The fraction of sp³-hybridized carbons (Fsp3) is 0. The molecule has 1 heterocycles. The van der Waals surface area contributed by atoms with Crippen molar-refractivity contribution in [3.05, 3.63) is 188 Å². The fourth-order valence-corrected chi connectivity index (χ4v) is 8.07. The Balaban J connectivity index is 1.09. The van der Waals surface area contributed by atoms with Crippen LogP contribution in [0.4, 0.5) is 17.1 Å². The normalized spacial score (nSPS) is 11.3. The lowest BCUT2D eigenvalue weighted by molar-refractivity contribution is 1.28. The highest BCUT2D eigenvalue weighted by Crippen LogP contribution is 2.41. The van der Waals surface area contributed by atoms with Gasteiger partial charge in [-0.1, -0.05) is 133 Å². The maximum absolute atomic E-state index is 2.37. The summed E-state index contributed by atoms with van der Waals surface area (Å²) in [5, 5.41) is 5.28. The molecule has 0 atom stereocenters. The Labute approximate surface area is 284 Å². The van der Waals surface area contributed by atoms with Crippen LogP contribution in [0.3, 0.4) is 0 Å². The quantitative estimate of drug-likeness (QED) is 0.177. The van der Waals surface area contributed by atoms with Gasteiger partial charge in [0.25, 0.3) is 0 Å². The van der Waals surface area contributed by atoms with E-state index in [1.807, 2.05) is 11.3 Å². The lowest BCUT2D eigenvalue weighted by Gasteiger charge is -2.26. The van der Waals surface area contributed by atoms with E-state index in [-0.39, 0.29) is 0 Å². The molecule has 0 fully saturated rings. The Morgan fingerprint density at radius 1 is 0.333 bits per heavy atom. The highest BCUT2D eigenvalue weighted by atomic mass is 32.1. The summed E-state index contributed by atoms with van der Waals surface area (Å²) in [4.78, 5) is 2.33. The lowest BCUT2D eigenvalue weighted by atomic mass is 9.94. The van der Waals surface area contributed by atoms with Crippen molar-refractivity contribution in [2.45, 2.75) is 0 Å². The molecule has 0 aliphatic heterocycles. The van der Waals surface area contributed by atoms with Crippen LogP contribution in [0.15, 0.2) is 188 Å². The van der Waals surface area contributed by atoms with Crippen LogP contribution >= 0.6 is 11.3 Å². The molecule has 0 spiro atoms. The molecule has 0 aliphatic rings. The molecule has 1 aromatic heterocycles. The Hall–Kier alpha value is -5.96. The van der Waals surface area contributed by atoms with Crippen LogP contribution in [0.1, 0.15) is 0 Å². The molecular formula is C46H31NS. The van der Waals surface area contributed by atoms with Gasteiger partial charge in [0.15, 0.2) is 0 Å². The molecule has 0 aliphatic carbocycles. The van der Waals surface area contributed by atoms with Crippen molar-refractivity contribution >= 4 is 59.3 Å². The zero-order valence-electron chi connectivity index (χ0n) is 26.3. The van der Waals surface area contributed by atoms with Crippen LogP contribution < -0.4 is 4.90 Å². The monoisotopic (exact) mass is 629 g/mol. The second kappa shape index (κ2) is 12.0. The van der Waals surface area contributed by atoms with Gasteiger partial charge in [0.05, 0.1) is 0 Å². The van der Waals surface area contributed by atoms with Gasteiger partial charge in [0, 0.05) is 37.2 Å². The van der Waals surface area contributed by atoms with Crippen molar-refractivity contribution in [2.24, 2.45) is 0 Å². The number of anilines is 3. The second-order valence-corrected chi connectivity index (χ2v) is 13.2. The highest BCUT2D eigenvalue weighted by molar-refractivity contribution is 7.26. The average molecular weight is 630 g/mol. The van der Waals surface area contributed by atoms with Crippen LogP contribution in [0.5, 0.6) is 0 Å². The zero-order valence-corrected chi connectivity index (χ0v) is 27.1. The summed E-state index contributed by atoms with van der Waals surface area (Å²) in [6.07, 6.45) is 0. The molecule has 9 aromatic rings. The van der Waals surface area contributed by atoms with Gasteiger partial charge >= 0.3 is 0 Å². The summed E-state index contributed by atoms with van der Waals surface area (Å²) < 4.78 is 2.67. The molecule has 2 heteroatoms. The third-order valence-electron chi connectivity index (χ3n) is 9.28. The van der Waals surface area contributed by atoms with E-state index in [4.69, 9.17) is 0 Å². The minimum atomic E-state index is 1.12. The predicted molar refractivity (Wildman–Crippen MR) is 208 cm³/mol.